The van der Waals surface area contributed by atoms with E-state index in [1.807, 2.05) is 12.3 Å². The fraction of sp³-hybridized carbons (Fsp3) is 0.188. The molecule has 5 heteroatoms. The van der Waals surface area contributed by atoms with Gasteiger partial charge in [-0.2, -0.15) is 0 Å². The highest BCUT2D eigenvalue weighted by Gasteiger charge is 2.15. The maximum absolute atomic E-state index is 12.9. The summed E-state index contributed by atoms with van der Waals surface area (Å²) < 4.78 is 12.9. The quantitative estimate of drug-likeness (QED) is 0.857. The first kappa shape index (κ1) is 15.2. The van der Waals surface area contributed by atoms with Crippen molar-refractivity contribution in [3.8, 4) is 11.8 Å². The van der Waals surface area contributed by atoms with E-state index in [0.29, 0.717) is 10.4 Å². The normalized spacial score (nSPS) is 11.4. The molecule has 0 spiro atoms. The minimum Gasteiger partial charge on any atom is -0.345 e. The number of rotatable bonds is 3. The Balaban J connectivity index is 2.11. The lowest BCUT2D eigenvalue weighted by molar-refractivity contribution is 0.0944. The lowest BCUT2D eigenvalue weighted by atomic mass is 10.1. The first-order chi connectivity index (χ1) is 10.1. The van der Waals surface area contributed by atoms with E-state index in [4.69, 9.17) is 5.73 Å². The van der Waals surface area contributed by atoms with Crippen LogP contribution in [-0.2, 0) is 0 Å². The third-order valence-electron chi connectivity index (χ3n) is 2.91. The second kappa shape index (κ2) is 7.02. The maximum Gasteiger partial charge on any atom is 0.263 e. The van der Waals surface area contributed by atoms with Crippen molar-refractivity contribution in [1.29, 1.82) is 0 Å². The lowest BCUT2D eigenvalue weighted by Crippen LogP contribution is -2.26. The molecule has 3 nitrogen and oxygen atoms in total. The summed E-state index contributed by atoms with van der Waals surface area (Å²) in [4.78, 5) is 12.8. The Hall–Kier alpha value is -2.16. The Morgan fingerprint density at radius 2 is 2.10 bits per heavy atom. The molecule has 108 valence electrons. The smallest absolute Gasteiger partial charge is 0.263 e. The fourth-order valence-electron chi connectivity index (χ4n) is 1.83. The molecular formula is C16H15FN2OS. The van der Waals surface area contributed by atoms with Crippen LogP contribution in [0.3, 0.4) is 0 Å². The number of benzene rings is 1. The van der Waals surface area contributed by atoms with E-state index in [2.05, 4.69) is 17.2 Å². The van der Waals surface area contributed by atoms with Crippen molar-refractivity contribution in [2.45, 2.75) is 13.0 Å². The number of nitrogens with two attached hydrogens (primary N) is 1. The van der Waals surface area contributed by atoms with E-state index >= 15 is 0 Å². The van der Waals surface area contributed by atoms with Gasteiger partial charge >= 0.3 is 0 Å². The van der Waals surface area contributed by atoms with Crippen LogP contribution in [0.5, 0.6) is 0 Å². The molecule has 1 aromatic carbocycles. The molecule has 0 radical (unpaired) electrons. The van der Waals surface area contributed by atoms with Gasteiger partial charge in [-0.3, -0.25) is 4.79 Å². The Morgan fingerprint density at radius 1 is 1.38 bits per heavy atom. The molecule has 1 aromatic heterocycles. The number of nitrogens with one attached hydrogen (secondary N) is 1. The highest BCUT2D eigenvalue weighted by atomic mass is 32.1. The molecule has 0 aliphatic carbocycles. The van der Waals surface area contributed by atoms with Crippen molar-refractivity contribution in [1.82, 2.24) is 5.32 Å². The molecular weight excluding hydrogens is 287 g/mol. The van der Waals surface area contributed by atoms with Crippen molar-refractivity contribution in [2.75, 3.05) is 6.54 Å². The molecule has 0 saturated heterocycles. The van der Waals surface area contributed by atoms with E-state index in [0.717, 1.165) is 5.56 Å². The zero-order valence-corrected chi connectivity index (χ0v) is 12.3. The molecule has 0 aliphatic heterocycles. The first-order valence-electron chi connectivity index (χ1n) is 6.44. The zero-order chi connectivity index (χ0) is 15.2. The highest BCUT2D eigenvalue weighted by molar-refractivity contribution is 7.12. The highest BCUT2D eigenvalue weighted by Crippen LogP contribution is 2.18. The van der Waals surface area contributed by atoms with E-state index in [1.165, 1.54) is 23.5 Å². The average Bonchev–Trinajstić information content (AvgIpc) is 2.94. The molecule has 3 N–H and O–H groups in total. The van der Waals surface area contributed by atoms with Gasteiger partial charge in [0.25, 0.3) is 5.91 Å². The predicted octanol–water partition coefficient (Wildman–Crippen LogP) is 2.69. The lowest BCUT2D eigenvalue weighted by Gasteiger charge is -2.13. The van der Waals surface area contributed by atoms with Gasteiger partial charge < -0.3 is 11.1 Å². The van der Waals surface area contributed by atoms with Gasteiger partial charge in [0.1, 0.15) is 10.7 Å². The van der Waals surface area contributed by atoms with Crippen molar-refractivity contribution in [3.63, 3.8) is 0 Å². The van der Waals surface area contributed by atoms with Crippen molar-refractivity contribution in [2.24, 2.45) is 5.73 Å². The van der Waals surface area contributed by atoms with E-state index < -0.39 is 0 Å². The van der Waals surface area contributed by atoms with E-state index in [-0.39, 0.29) is 24.3 Å². The largest absolute Gasteiger partial charge is 0.345 e. The topological polar surface area (TPSA) is 55.1 Å². The molecule has 21 heavy (non-hydrogen) atoms. The number of carbonyl (C=O) groups excluding carboxylic acids is 1. The van der Waals surface area contributed by atoms with Crippen LogP contribution in [0.15, 0.2) is 35.7 Å². The van der Waals surface area contributed by atoms with Crippen molar-refractivity contribution < 1.29 is 9.18 Å². The summed E-state index contributed by atoms with van der Waals surface area (Å²) in [6, 6.07) is 7.65. The minimum atomic E-state index is -0.296. The maximum atomic E-state index is 12.9. The summed E-state index contributed by atoms with van der Waals surface area (Å²) in [6.07, 6.45) is 0. The van der Waals surface area contributed by atoms with Gasteiger partial charge in [-0.1, -0.05) is 24.0 Å². The van der Waals surface area contributed by atoms with Gasteiger partial charge in [0, 0.05) is 5.56 Å². The van der Waals surface area contributed by atoms with Crippen LogP contribution in [0.2, 0.25) is 0 Å². The molecule has 0 saturated carbocycles. The molecule has 0 aliphatic rings. The fourth-order valence-corrected chi connectivity index (χ4v) is 2.58. The van der Waals surface area contributed by atoms with Crippen LogP contribution in [0.4, 0.5) is 4.39 Å². The number of halogens is 1. The Labute approximate surface area is 127 Å². The van der Waals surface area contributed by atoms with Crippen LogP contribution >= 0.6 is 11.3 Å². The Morgan fingerprint density at radius 3 is 2.76 bits per heavy atom. The SMILES string of the molecule is CC(NC(=O)c1sccc1C#CCN)c1ccc(F)cc1. The van der Waals surface area contributed by atoms with Gasteiger partial charge in [0.2, 0.25) is 0 Å². The number of hydrogen-bond acceptors (Lipinski definition) is 3. The first-order valence-corrected chi connectivity index (χ1v) is 7.32. The molecule has 0 fully saturated rings. The van der Waals surface area contributed by atoms with Gasteiger partial charge in [-0.05, 0) is 36.1 Å². The summed E-state index contributed by atoms with van der Waals surface area (Å²) >= 11 is 1.33. The summed E-state index contributed by atoms with van der Waals surface area (Å²) in [7, 11) is 0. The van der Waals surface area contributed by atoms with Crippen LogP contribution in [0.1, 0.15) is 33.8 Å². The van der Waals surface area contributed by atoms with Crippen LogP contribution in [0, 0.1) is 17.7 Å². The van der Waals surface area contributed by atoms with Crippen LogP contribution in [-0.4, -0.2) is 12.5 Å². The predicted molar refractivity (Wildman–Crippen MR) is 82.5 cm³/mol. The van der Waals surface area contributed by atoms with Crippen LogP contribution < -0.4 is 11.1 Å². The number of amides is 1. The third kappa shape index (κ3) is 3.91. The number of thiophene rings is 1. The molecule has 1 atom stereocenters. The molecule has 1 amide bonds. The molecule has 0 bridgehead atoms. The average molecular weight is 302 g/mol. The monoisotopic (exact) mass is 302 g/mol. The second-order valence-corrected chi connectivity index (χ2v) is 5.33. The minimum absolute atomic E-state index is 0.192. The van der Waals surface area contributed by atoms with Crippen LogP contribution in [0.25, 0.3) is 0 Å². The number of hydrogen-bond donors (Lipinski definition) is 2. The molecule has 1 heterocycles. The summed E-state index contributed by atoms with van der Waals surface area (Å²) in [6.45, 7) is 2.10. The number of carbonyl (C=O) groups is 1. The molecule has 2 aromatic rings. The molecule has 1 unspecified atom stereocenters. The van der Waals surface area contributed by atoms with E-state index in [1.54, 1.807) is 18.2 Å². The van der Waals surface area contributed by atoms with Gasteiger partial charge in [0.15, 0.2) is 0 Å². The summed E-state index contributed by atoms with van der Waals surface area (Å²) in [5.74, 6) is 5.13. The van der Waals surface area contributed by atoms with Crippen molar-refractivity contribution in [3.05, 3.63) is 57.5 Å². The van der Waals surface area contributed by atoms with Crippen molar-refractivity contribution >= 4 is 17.2 Å². The van der Waals surface area contributed by atoms with E-state index in [9.17, 15) is 9.18 Å². The summed E-state index contributed by atoms with van der Waals surface area (Å²) in [5.41, 5.74) is 6.86. The standard InChI is InChI=1S/C16H15FN2OS/c1-11(12-4-6-14(17)7-5-12)19-16(20)15-13(3-2-9-18)8-10-21-15/h4-8,10-11H,9,18H2,1H3,(H,19,20). The summed E-state index contributed by atoms with van der Waals surface area (Å²) in [5, 5.41) is 4.70. The second-order valence-electron chi connectivity index (χ2n) is 4.42. The molecule has 2 rings (SSSR count). The zero-order valence-electron chi connectivity index (χ0n) is 11.5. The van der Waals surface area contributed by atoms with Gasteiger partial charge in [0.05, 0.1) is 12.6 Å². The van der Waals surface area contributed by atoms with Gasteiger partial charge in [-0.25, -0.2) is 4.39 Å². The Bertz CT molecular complexity index is 682. The third-order valence-corrected chi connectivity index (χ3v) is 3.83. The van der Waals surface area contributed by atoms with Gasteiger partial charge in [-0.15, -0.1) is 11.3 Å². The Kier molecular flexibility index (Phi) is 5.09.